The molecule has 2 aromatic heterocycles. The zero-order valence-corrected chi connectivity index (χ0v) is 11.5. The molecule has 8 heteroatoms. The Labute approximate surface area is 119 Å². The van der Waals surface area contributed by atoms with Gasteiger partial charge in [0.15, 0.2) is 6.61 Å². The number of aromatic nitrogens is 3. The number of nitrogens with zero attached hydrogens (tertiary/aromatic N) is 3. The second-order valence-corrected chi connectivity index (χ2v) is 4.31. The van der Waals surface area contributed by atoms with Crippen LogP contribution in [0.25, 0.3) is 0 Å². The van der Waals surface area contributed by atoms with E-state index in [9.17, 15) is 13.6 Å². The zero-order chi connectivity index (χ0) is 15.4. The Hall–Kier alpha value is -2.51. The van der Waals surface area contributed by atoms with Crippen LogP contribution in [0.4, 0.5) is 14.6 Å². The number of amides is 1. The lowest BCUT2D eigenvalue weighted by molar-refractivity contribution is 0.0796. The third-order valence-electron chi connectivity index (χ3n) is 2.56. The van der Waals surface area contributed by atoms with E-state index in [1.54, 1.807) is 26.1 Å². The Balaban J connectivity index is 2.07. The van der Waals surface area contributed by atoms with Crippen LogP contribution in [0.2, 0.25) is 0 Å². The quantitative estimate of drug-likeness (QED) is 0.916. The summed E-state index contributed by atoms with van der Waals surface area (Å²) in [5.41, 5.74) is 1.08. The third kappa shape index (κ3) is 3.98. The molecule has 0 atom stereocenters. The Kier molecular flexibility index (Phi) is 4.46. The largest absolute Gasteiger partial charge is 0.472 e. The van der Waals surface area contributed by atoms with Crippen molar-refractivity contribution in [2.75, 3.05) is 11.9 Å². The average Bonchev–Trinajstić information content (AvgIpc) is 2.76. The van der Waals surface area contributed by atoms with Gasteiger partial charge in [0.25, 0.3) is 12.3 Å². The Morgan fingerprint density at radius 2 is 2.24 bits per heavy atom. The van der Waals surface area contributed by atoms with Gasteiger partial charge in [0.1, 0.15) is 11.5 Å². The molecule has 2 aromatic rings. The van der Waals surface area contributed by atoms with Crippen LogP contribution in [0.1, 0.15) is 16.2 Å². The number of carbonyl (C=O) groups excluding carboxylic acids is 1. The highest BCUT2D eigenvalue weighted by Gasteiger charge is 2.13. The summed E-state index contributed by atoms with van der Waals surface area (Å²) >= 11 is 0. The Bertz CT molecular complexity index is 643. The fourth-order valence-corrected chi connectivity index (χ4v) is 1.72. The van der Waals surface area contributed by atoms with Crippen molar-refractivity contribution >= 4 is 11.7 Å². The van der Waals surface area contributed by atoms with Crippen LogP contribution in [0, 0.1) is 6.92 Å². The molecule has 0 aliphatic carbocycles. The maximum Gasteiger partial charge on any atom is 0.275 e. The molecule has 0 radical (unpaired) electrons. The zero-order valence-electron chi connectivity index (χ0n) is 11.5. The summed E-state index contributed by atoms with van der Waals surface area (Å²) in [5, 5.41) is 6.63. The van der Waals surface area contributed by atoms with Gasteiger partial charge in [-0.1, -0.05) is 6.07 Å². The lowest BCUT2D eigenvalue weighted by atomic mass is 10.3. The van der Waals surface area contributed by atoms with Gasteiger partial charge in [-0.2, -0.15) is 10.1 Å². The number of carbonyl (C=O) groups is 1. The first-order valence-electron chi connectivity index (χ1n) is 6.15. The van der Waals surface area contributed by atoms with E-state index < -0.39 is 18.9 Å². The van der Waals surface area contributed by atoms with Crippen molar-refractivity contribution in [2.45, 2.75) is 13.3 Å². The van der Waals surface area contributed by atoms with E-state index in [1.165, 1.54) is 16.8 Å². The van der Waals surface area contributed by atoms with Crippen LogP contribution in [-0.2, 0) is 7.05 Å². The van der Waals surface area contributed by atoms with E-state index in [0.29, 0.717) is 11.4 Å². The van der Waals surface area contributed by atoms with Gasteiger partial charge in [0.05, 0.1) is 5.69 Å². The van der Waals surface area contributed by atoms with Crippen LogP contribution in [-0.4, -0.2) is 33.7 Å². The second-order valence-electron chi connectivity index (χ2n) is 4.31. The molecule has 1 amide bonds. The monoisotopic (exact) mass is 296 g/mol. The van der Waals surface area contributed by atoms with Gasteiger partial charge >= 0.3 is 0 Å². The molecule has 0 aliphatic heterocycles. The average molecular weight is 296 g/mol. The number of rotatable bonds is 5. The number of aryl methyl sites for hydroxylation is 2. The SMILES string of the molecule is Cc1cc(C(=O)Nc2cccc(OCC(F)F)n2)n(C)n1. The summed E-state index contributed by atoms with van der Waals surface area (Å²) in [5.74, 6) is -0.156. The molecule has 0 saturated carbocycles. The molecule has 112 valence electrons. The molecular weight excluding hydrogens is 282 g/mol. The summed E-state index contributed by atoms with van der Waals surface area (Å²) < 4.78 is 30.4. The first kappa shape index (κ1) is 14.9. The number of nitrogens with one attached hydrogen (secondary N) is 1. The van der Waals surface area contributed by atoms with Crippen LogP contribution in [0.3, 0.4) is 0 Å². The van der Waals surface area contributed by atoms with Gasteiger partial charge in [-0.3, -0.25) is 9.48 Å². The lowest BCUT2D eigenvalue weighted by Gasteiger charge is -2.07. The number of hydrogen-bond acceptors (Lipinski definition) is 4. The molecule has 2 rings (SSSR count). The normalized spacial score (nSPS) is 10.7. The van der Waals surface area contributed by atoms with E-state index in [0.717, 1.165) is 0 Å². The molecule has 0 fully saturated rings. The van der Waals surface area contributed by atoms with Gasteiger partial charge in [-0.05, 0) is 19.1 Å². The molecule has 6 nitrogen and oxygen atoms in total. The molecule has 0 spiro atoms. The molecular formula is C13H14F2N4O2. The first-order chi connectivity index (χ1) is 9.95. The van der Waals surface area contributed by atoms with E-state index in [-0.39, 0.29) is 11.7 Å². The van der Waals surface area contributed by atoms with E-state index >= 15 is 0 Å². The molecule has 2 heterocycles. The summed E-state index contributed by atoms with van der Waals surface area (Å²) in [7, 11) is 1.65. The van der Waals surface area contributed by atoms with Crippen molar-refractivity contribution in [1.29, 1.82) is 0 Å². The maximum atomic E-state index is 12.1. The van der Waals surface area contributed by atoms with Gasteiger partial charge in [-0.15, -0.1) is 0 Å². The third-order valence-corrected chi connectivity index (χ3v) is 2.56. The second kappa shape index (κ2) is 6.29. The van der Waals surface area contributed by atoms with E-state index in [2.05, 4.69) is 15.4 Å². The molecule has 21 heavy (non-hydrogen) atoms. The van der Waals surface area contributed by atoms with Crippen LogP contribution < -0.4 is 10.1 Å². The Morgan fingerprint density at radius 1 is 1.48 bits per heavy atom. The smallest absolute Gasteiger partial charge is 0.275 e. The summed E-state index contributed by atoms with van der Waals surface area (Å²) in [6.07, 6.45) is -2.58. The van der Waals surface area contributed by atoms with Gasteiger partial charge in [-0.25, -0.2) is 8.78 Å². The fraction of sp³-hybridized carbons (Fsp3) is 0.308. The minimum Gasteiger partial charge on any atom is -0.472 e. The number of pyridine rings is 1. The minimum atomic E-state index is -2.58. The fourth-order valence-electron chi connectivity index (χ4n) is 1.72. The van der Waals surface area contributed by atoms with Crippen molar-refractivity contribution in [3.8, 4) is 5.88 Å². The van der Waals surface area contributed by atoms with Crippen molar-refractivity contribution < 1.29 is 18.3 Å². The molecule has 1 N–H and O–H groups in total. The van der Waals surface area contributed by atoms with Crippen LogP contribution in [0.5, 0.6) is 5.88 Å². The number of anilines is 1. The highest BCUT2D eigenvalue weighted by molar-refractivity contribution is 6.02. The number of hydrogen-bond donors (Lipinski definition) is 1. The lowest BCUT2D eigenvalue weighted by Crippen LogP contribution is -2.17. The highest BCUT2D eigenvalue weighted by Crippen LogP contribution is 2.13. The topological polar surface area (TPSA) is 69.0 Å². The van der Waals surface area contributed by atoms with E-state index in [4.69, 9.17) is 4.74 Å². The molecule has 0 aliphatic rings. The van der Waals surface area contributed by atoms with E-state index in [1.807, 2.05) is 0 Å². The van der Waals surface area contributed by atoms with Crippen molar-refractivity contribution in [3.63, 3.8) is 0 Å². The van der Waals surface area contributed by atoms with Gasteiger partial charge < -0.3 is 10.1 Å². The van der Waals surface area contributed by atoms with Gasteiger partial charge in [0.2, 0.25) is 5.88 Å². The number of halogens is 2. The maximum absolute atomic E-state index is 12.1. The van der Waals surface area contributed by atoms with Crippen molar-refractivity contribution in [2.24, 2.45) is 7.05 Å². The minimum absolute atomic E-state index is 0.0225. The van der Waals surface area contributed by atoms with Gasteiger partial charge in [0, 0.05) is 13.1 Å². The summed E-state index contributed by atoms with van der Waals surface area (Å²) in [6, 6.07) is 6.16. The molecule has 0 aromatic carbocycles. The van der Waals surface area contributed by atoms with Crippen LogP contribution >= 0.6 is 0 Å². The Morgan fingerprint density at radius 3 is 2.86 bits per heavy atom. The number of ether oxygens (including phenoxy) is 1. The summed E-state index contributed by atoms with van der Waals surface area (Å²) in [6.45, 7) is 1.03. The van der Waals surface area contributed by atoms with Crippen molar-refractivity contribution in [3.05, 3.63) is 35.7 Å². The molecule has 0 saturated heterocycles. The predicted octanol–water partition coefficient (Wildman–Crippen LogP) is 2.02. The summed E-state index contributed by atoms with van der Waals surface area (Å²) in [4.78, 5) is 16.0. The molecule has 0 unspecified atom stereocenters. The highest BCUT2D eigenvalue weighted by atomic mass is 19.3. The molecule has 0 bridgehead atoms. The first-order valence-corrected chi connectivity index (χ1v) is 6.15. The number of alkyl halides is 2. The van der Waals surface area contributed by atoms with Crippen LogP contribution in [0.15, 0.2) is 24.3 Å². The standard InChI is InChI=1S/C13H14F2N4O2/c1-8-6-9(19(2)18-8)13(20)17-11-4-3-5-12(16-11)21-7-10(14)15/h3-6,10H,7H2,1-2H3,(H,16,17,20). The van der Waals surface area contributed by atoms with Crippen molar-refractivity contribution in [1.82, 2.24) is 14.8 Å². The predicted molar refractivity (Wildman–Crippen MR) is 71.6 cm³/mol.